The molecule has 21 heavy (non-hydrogen) atoms. The predicted octanol–water partition coefficient (Wildman–Crippen LogP) is 2.21. The van der Waals surface area contributed by atoms with E-state index < -0.39 is 0 Å². The summed E-state index contributed by atoms with van der Waals surface area (Å²) in [5, 5.41) is 14.5. The number of fused-ring (bicyclic) bond motifs is 1. The first-order chi connectivity index (χ1) is 10.2. The van der Waals surface area contributed by atoms with Gasteiger partial charge in [0, 0.05) is 30.4 Å². The highest BCUT2D eigenvalue weighted by Gasteiger charge is 2.11. The van der Waals surface area contributed by atoms with E-state index in [4.69, 9.17) is 10.9 Å². The monoisotopic (exact) mass is 299 g/mol. The molecule has 0 bridgehead atoms. The maximum Gasteiger partial charge on any atom is 0.174 e. The molecule has 0 unspecified atom stereocenters. The lowest BCUT2D eigenvalue weighted by Crippen LogP contribution is -2.14. The number of hydrogen-bond donors (Lipinski definition) is 2. The van der Waals surface area contributed by atoms with E-state index >= 15 is 0 Å². The van der Waals surface area contributed by atoms with Crippen LogP contribution in [0.3, 0.4) is 0 Å². The van der Waals surface area contributed by atoms with Crippen LogP contribution in [-0.2, 0) is 7.05 Å². The number of oxime groups is 1. The Hall–Kier alpha value is -2.54. The third kappa shape index (κ3) is 2.55. The van der Waals surface area contributed by atoms with Crippen molar-refractivity contribution in [3.05, 3.63) is 48.3 Å². The average Bonchev–Trinajstić information content (AvgIpc) is 2.91. The highest BCUT2D eigenvalue weighted by molar-refractivity contribution is 7.99. The molecule has 0 saturated carbocycles. The van der Waals surface area contributed by atoms with Crippen LogP contribution in [0, 0.1) is 0 Å². The second kappa shape index (κ2) is 5.45. The van der Waals surface area contributed by atoms with Crippen LogP contribution < -0.4 is 5.73 Å². The van der Waals surface area contributed by atoms with Gasteiger partial charge in [0.15, 0.2) is 11.0 Å². The van der Waals surface area contributed by atoms with E-state index in [1.807, 2.05) is 42.1 Å². The molecule has 3 aromatic rings. The fourth-order valence-electron chi connectivity index (χ4n) is 2.01. The van der Waals surface area contributed by atoms with Crippen molar-refractivity contribution >= 4 is 28.5 Å². The first kappa shape index (κ1) is 13.4. The Bertz CT molecular complexity index is 827. The minimum Gasteiger partial charge on any atom is -0.409 e. The minimum atomic E-state index is 0.0651. The van der Waals surface area contributed by atoms with Crippen molar-refractivity contribution in [3.63, 3.8) is 0 Å². The Kier molecular flexibility index (Phi) is 3.49. The lowest BCUT2D eigenvalue weighted by molar-refractivity contribution is 0.318. The number of para-hydroxylation sites is 1. The fraction of sp³-hybridized carbons (Fsp3) is 0.0714. The molecule has 0 atom stereocenters. The second-order valence-corrected chi connectivity index (χ2v) is 5.42. The highest BCUT2D eigenvalue weighted by atomic mass is 32.2. The molecule has 2 aromatic heterocycles. The summed E-state index contributed by atoms with van der Waals surface area (Å²) >= 11 is 1.43. The summed E-state index contributed by atoms with van der Waals surface area (Å²) in [7, 11) is 1.92. The van der Waals surface area contributed by atoms with Crippen LogP contribution in [0.15, 0.2) is 58.1 Å². The van der Waals surface area contributed by atoms with Crippen molar-refractivity contribution in [3.8, 4) is 0 Å². The number of benzene rings is 1. The molecular weight excluding hydrogens is 286 g/mol. The molecule has 2 heterocycles. The third-order valence-electron chi connectivity index (χ3n) is 3.05. The van der Waals surface area contributed by atoms with E-state index in [-0.39, 0.29) is 5.84 Å². The number of nitrogens with zero attached hydrogens (tertiary/aromatic N) is 4. The maximum atomic E-state index is 8.96. The summed E-state index contributed by atoms with van der Waals surface area (Å²) in [4.78, 5) is 8.85. The van der Waals surface area contributed by atoms with Gasteiger partial charge in [0.05, 0.1) is 5.52 Å². The first-order valence-electron chi connectivity index (χ1n) is 6.22. The summed E-state index contributed by atoms with van der Waals surface area (Å²) in [5.74, 6) is 0.0651. The number of pyridine rings is 1. The molecule has 0 radical (unpaired) electrons. The van der Waals surface area contributed by atoms with E-state index in [1.165, 1.54) is 11.8 Å². The van der Waals surface area contributed by atoms with E-state index in [2.05, 4.69) is 15.1 Å². The molecule has 0 saturated heterocycles. The van der Waals surface area contributed by atoms with Crippen LogP contribution in [0.2, 0.25) is 0 Å². The number of hydrogen-bond acceptors (Lipinski definition) is 5. The number of aromatic nitrogens is 3. The Morgan fingerprint density at radius 3 is 2.90 bits per heavy atom. The van der Waals surface area contributed by atoms with Gasteiger partial charge in [-0.2, -0.15) is 0 Å². The van der Waals surface area contributed by atoms with Crippen molar-refractivity contribution in [2.45, 2.75) is 10.2 Å². The summed E-state index contributed by atoms with van der Waals surface area (Å²) in [5.41, 5.74) is 7.22. The van der Waals surface area contributed by atoms with Crippen LogP contribution in [0.5, 0.6) is 0 Å². The molecule has 0 aliphatic rings. The zero-order chi connectivity index (χ0) is 14.8. The molecule has 1 aromatic carbocycles. The molecule has 0 spiro atoms. The molecule has 106 valence electrons. The van der Waals surface area contributed by atoms with E-state index in [0.717, 1.165) is 21.1 Å². The Morgan fingerprint density at radius 1 is 1.38 bits per heavy atom. The van der Waals surface area contributed by atoms with Crippen molar-refractivity contribution in [1.82, 2.24) is 14.5 Å². The Morgan fingerprint density at radius 2 is 2.19 bits per heavy atom. The molecule has 3 rings (SSSR count). The molecule has 0 aliphatic carbocycles. The van der Waals surface area contributed by atoms with Gasteiger partial charge in [0.25, 0.3) is 0 Å². The number of nitrogens with two attached hydrogens (primary N) is 1. The van der Waals surface area contributed by atoms with Crippen LogP contribution in [0.1, 0.15) is 5.56 Å². The third-order valence-corrected chi connectivity index (χ3v) is 4.04. The lowest BCUT2D eigenvalue weighted by Gasteiger charge is -2.08. The number of aryl methyl sites for hydroxylation is 1. The topological polar surface area (TPSA) is 89.3 Å². The van der Waals surface area contributed by atoms with Gasteiger partial charge in [-0.3, -0.25) is 0 Å². The molecule has 3 N–H and O–H groups in total. The highest BCUT2D eigenvalue weighted by Crippen LogP contribution is 2.28. The second-order valence-electron chi connectivity index (χ2n) is 4.43. The number of imidazole rings is 1. The first-order valence-corrected chi connectivity index (χ1v) is 7.03. The number of amidine groups is 1. The van der Waals surface area contributed by atoms with E-state index in [0.29, 0.717) is 5.56 Å². The summed E-state index contributed by atoms with van der Waals surface area (Å²) in [6.45, 7) is 0. The number of rotatable bonds is 3. The standard InChI is InChI=1S/C14H13N5OS/c1-19-7-6-16-14(19)21-12-8-10(13(15)18-20)9-4-2-3-5-11(9)17-12/h2-8,20H,1H3,(H2,15,18). The zero-order valence-electron chi connectivity index (χ0n) is 11.3. The minimum absolute atomic E-state index is 0.0651. The molecule has 0 aliphatic heterocycles. The summed E-state index contributed by atoms with van der Waals surface area (Å²) in [6.07, 6.45) is 3.60. The van der Waals surface area contributed by atoms with Gasteiger partial charge in [-0.1, -0.05) is 23.4 Å². The fourth-order valence-corrected chi connectivity index (χ4v) is 2.84. The normalized spacial score (nSPS) is 12.0. The Labute approximate surface area is 125 Å². The predicted molar refractivity (Wildman–Crippen MR) is 81.6 cm³/mol. The SMILES string of the molecule is Cn1ccnc1Sc1cc(C(N)=NO)c2ccccc2n1. The van der Waals surface area contributed by atoms with Gasteiger partial charge in [-0.25, -0.2) is 9.97 Å². The van der Waals surface area contributed by atoms with Crippen molar-refractivity contribution in [1.29, 1.82) is 0 Å². The quantitative estimate of drug-likeness (QED) is 0.335. The van der Waals surface area contributed by atoms with Crippen LogP contribution in [-0.4, -0.2) is 25.6 Å². The van der Waals surface area contributed by atoms with Gasteiger partial charge < -0.3 is 15.5 Å². The van der Waals surface area contributed by atoms with Crippen molar-refractivity contribution in [2.75, 3.05) is 0 Å². The largest absolute Gasteiger partial charge is 0.409 e. The molecule has 0 amide bonds. The van der Waals surface area contributed by atoms with Gasteiger partial charge in [0.2, 0.25) is 0 Å². The molecule has 7 heteroatoms. The van der Waals surface area contributed by atoms with Crippen LogP contribution in [0.25, 0.3) is 10.9 Å². The van der Waals surface area contributed by atoms with Gasteiger partial charge in [-0.15, -0.1) is 0 Å². The molecule has 6 nitrogen and oxygen atoms in total. The smallest absolute Gasteiger partial charge is 0.174 e. The average molecular weight is 299 g/mol. The van der Waals surface area contributed by atoms with Crippen LogP contribution in [0.4, 0.5) is 0 Å². The molecule has 0 fully saturated rings. The van der Waals surface area contributed by atoms with Gasteiger partial charge in [0.1, 0.15) is 5.03 Å². The summed E-state index contributed by atoms with van der Waals surface area (Å²) in [6, 6.07) is 9.39. The van der Waals surface area contributed by atoms with Gasteiger partial charge in [-0.05, 0) is 23.9 Å². The van der Waals surface area contributed by atoms with E-state index in [9.17, 15) is 0 Å². The van der Waals surface area contributed by atoms with Crippen molar-refractivity contribution in [2.24, 2.45) is 17.9 Å². The maximum absolute atomic E-state index is 8.96. The lowest BCUT2D eigenvalue weighted by atomic mass is 10.1. The Balaban J connectivity index is 2.14. The zero-order valence-corrected chi connectivity index (χ0v) is 12.1. The van der Waals surface area contributed by atoms with Gasteiger partial charge >= 0.3 is 0 Å². The summed E-state index contributed by atoms with van der Waals surface area (Å²) < 4.78 is 1.91. The molecular formula is C14H13N5OS. The van der Waals surface area contributed by atoms with Crippen molar-refractivity contribution < 1.29 is 5.21 Å². The van der Waals surface area contributed by atoms with E-state index in [1.54, 1.807) is 12.3 Å². The van der Waals surface area contributed by atoms with Crippen LogP contribution >= 0.6 is 11.8 Å².